The van der Waals surface area contributed by atoms with Crippen LogP contribution in [0, 0.1) is 5.92 Å². The van der Waals surface area contributed by atoms with Crippen molar-refractivity contribution in [2.45, 2.75) is 45.1 Å². The molecule has 0 aliphatic heterocycles. The van der Waals surface area contributed by atoms with Gasteiger partial charge in [-0.1, -0.05) is 25.3 Å². The zero-order valence-corrected chi connectivity index (χ0v) is 9.20. The Kier molecular flexibility index (Phi) is 3.06. The van der Waals surface area contributed by atoms with Gasteiger partial charge in [0.25, 0.3) is 0 Å². The van der Waals surface area contributed by atoms with Crippen molar-refractivity contribution in [3.05, 3.63) is 23.3 Å². The van der Waals surface area contributed by atoms with Gasteiger partial charge in [-0.25, -0.2) is 0 Å². The number of carbonyl (C=O) groups is 1. The Balaban J connectivity index is 2.19. The smallest absolute Gasteiger partial charge is 0.188 e. The number of hydrogen-bond donors (Lipinski definition) is 1. The quantitative estimate of drug-likeness (QED) is 0.715. The van der Waals surface area contributed by atoms with Gasteiger partial charge < -0.3 is 5.11 Å². The van der Waals surface area contributed by atoms with Gasteiger partial charge >= 0.3 is 0 Å². The van der Waals surface area contributed by atoms with Crippen molar-refractivity contribution in [1.82, 2.24) is 0 Å². The Labute approximate surface area is 90.7 Å². The fourth-order valence-electron chi connectivity index (χ4n) is 2.63. The van der Waals surface area contributed by atoms with Crippen LogP contribution >= 0.6 is 0 Å². The second kappa shape index (κ2) is 4.31. The third kappa shape index (κ3) is 2.20. The van der Waals surface area contributed by atoms with Crippen LogP contribution in [0.2, 0.25) is 0 Å². The van der Waals surface area contributed by atoms with Crippen LogP contribution < -0.4 is 0 Å². The van der Waals surface area contributed by atoms with Crippen LogP contribution in [-0.4, -0.2) is 17.0 Å². The SMILES string of the molecule is CC1=CC(=O)C(O)C(C2CCCCC2)=C1. The molecule has 0 aromatic heterocycles. The lowest BCUT2D eigenvalue weighted by atomic mass is 9.78. The van der Waals surface area contributed by atoms with E-state index in [4.69, 9.17) is 0 Å². The van der Waals surface area contributed by atoms with Gasteiger partial charge in [-0.2, -0.15) is 0 Å². The summed E-state index contributed by atoms with van der Waals surface area (Å²) in [6, 6.07) is 0. The van der Waals surface area contributed by atoms with Gasteiger partial charge in [-0.15, -0.1) is 0 Å². The largest absolute Gasteiger partial charge is 0.381 e. The van der Waals surface area contributed by atoms with E-state index in [1.807, 2.05) is 13.0 Å². The second-order valence-electron chi connectivity index (χ2n) is 4.67. The third-order valence-corrected chi connectivity index (χ3v) is 3.43. The summed E-state index contributed by atoms with van der Waals surface area (Å²) < 4.78 is 0. The van der Waals surface area contributed by atoms with Crippen molar-refractivity contribution in [3.63, 3.8) is 0 Å². The molecule has 1 atom stereocenters. The molecule has 1 fully saturated rings. The average Bonchev–Trinajstić information content (AvgIpc) is 2.24. The topological polar surface area (TPSA) is 37.3 Å². The van der Waals surface area contributed by atoms with Gasteiger partial charge in [0.15, 0.2) is 5.78 Å². The molecular weight excluding hydrogens is 188 g/mol. The molecule has 15 heavy (non-hydrogen) atoms. The number of allylic oxidation sites excluding steroid dienone is 2. The second-order valence-corrected chi connectivity index (χ2v) is 4.67. The van der Waals surface area contributed by atoms with Gasteiger partial charge in [-0.3, -0.25) is 4.79 Å². The van der Waals surface area contributed by atoms with E-state index in [-0.39, 0.29) is 5.78 Å². The van der Waals surface area contributed by atoms with Gasteiger partial charge in [0.1, 0.15) is 6.10 Å². The Morgan fingerprint density at radius 2 is 1.87 bits per heavy atom. The van der Waals surface area contributed by atoms with Gasteiger partial charge in [0, 0.05) is 0 Å². The normalized spacial score (nSPS) is 28.7. The Hall–Kier alpha value is -0.890. The number of hydrogen-bond acceptors (Lipinski definition) is 2. The highest BCUT2D eigenvalue weighted by atomic mass is 16.3. The molecule has 0 bridgehead atoms. The molecule has 2 nitrogen and oxygen atoms in total. The van der Waals surface area contributed by atoms with Crippen LogP contribution in [0.1, 0.15) is 39.0 Å². The van der Waals surface area contributed by atoms with Gasteiger partial charge in [0.05, 0.1) is 0 Å². The van der Waals surface area contributed by atoms with Gasteiger partial charge in [-0.05, 0) is 42.9 Å². The molecule has 0 saturated heterocycles. The maximum Gasteiger partial charge on any atom is 0.188 e. The van der Waals surface area contributed by atoms with E-state index in [1.54, 1.807) is 0 Å². The molecule has 1 unspecified atom stereocenters. The lowest BCUT2D eigenvalue weighted by Gasteiger charge is -2.28. The highest BCUT2D eigenvalue weighted by Gasteiger charge is 2.28. The predicted molar refractivity (Wildman–Crippen MR) is 59.4 cm³/mol. The lowest BCUT2D eigenvalue weighted by molar-refractivity contribution is -0.121. The van der Waals surface area contributed by atoms with E-state index in [9.17, 15) is 9.90 Å². The highest BCUT2D eigenvalue weighted by molar-refractivity contribution is 5.98. The van der Waals surface area contributed by atoms with Crippen molar-refractivity contribution < 1.29 is 9.90 Å². The number of aliphatic hydroxyl groups is 1. The summed E-state index contributed by atoms with van der Waals surface area (Å²) in [5.74, 6) is 0.289. The first-order chi connectivity index (χ1) is 7.18. The molecule has 0 spiro atoms. The average molecular weight is 206 g/mol. The Bertz CT molecular complexity index is 319. The molecule has 2 heteroatoms. The van der Waals surface area contributed by atoms with E-state index >= 15 is 0 Å². The van der Waals surface area contributed by atoms with Crippen LogP contribution in [0.5, 0.6) is 0 Å². The fourth-order valence-corrected chi connectivity index (χ4v) is 2.63. The maximum atomic E-state index is 11.5. The van der Waals surface area contributed by atoms with Crippen molar-refractivity contribution in [3.8, 4) is 0 Å². The maximum absolute atomic E-state index is 11.5. The fraction of sp³-hybridized carbons (Fsp3) is 0.615. The minimum absolute atomic E-state index is 0.143. The molecule has 0 heterocycles. The standard InChI is InChI=1S/C13H18O2/c1-9-7-11(13(15)12(14)8-9)10-5-3-2-4-6-10/h7-8,10,13,15H,2-6H2,1H3. The van der Waals surface area contributed by atoms with Gasteiger partial charge in [0.2, 0.25) is 0 Å². The number of ketones is 1. The molecule has 0 radical (unpaired) electrons. The summed E-state index contributed by atoms with van der Waals surface area (Å²) in [6.07, 6.45) is 8.68. The molecular formula is C13H18O2. The molecule has 0 amide bonds. The van der Waals surface area contributed by atoms with Crippen LogP contribution in [-0.2, 0) is 4.79 Å². The lowest BCUT2D eigenvalue weighted by Crippen LogP contribution is -2.29. The molecule has 1 N–H and O–H groups in total. The van der Waals surface area contributed by atoms with E-state index < -0.39 is 6.10 Å². The number of aliphatic hydroxyl groups excluding tert-OH is 1. The Morgan fingerprint density at radius 1 is 1.20 bits per heavy atom. The van der Waals surface area contributed by atoms with E-state index in [0.29, 0.717) is 5.92 Å². The van der Waals surface area contributed by atoms with Crippen LogP contribution in [0.15, 0.2) is 23.3 Å². The molecule has 2 rings (SSSR count). The van der Waals surface area contributed by atoms with Crippen molar-refractivity contribution in [2.75, 3.05) is 0 Å². The molecule has 2 aliphatic carbocycles. The van der Waals surface area contributed by atoms with E-state index in [0.717, 1.165) is 24.0 Å². The highest BCUT2D eigenvalue weighted by Crippen LogP contribution is 2.33. The summed E-state index contributed by atoms with van der Waals surface area (Å²) in [6.45, 7) is 1.92. The first-order valence-corrected chi connectivity index (χ1v) is 5.80. The third-order valence-electron chi connectivity index (χ3n) is 3.43. The van der Waals surface area contributed by atoms with E-state index in [1.165, 1.54) is 25.3 Å². The summed E-state index contributed by atoms with van der Waals surface area (Å²) >= 11 is 0. The molecule has 1 saturated carbocycles. The molecule has 82 valence electrons. The van der Waals surface area contributed by atoms with Crippen molar-refractivity contribution in [1.29, 1.82) is 0 Å². The predicted octanol–water partition coefficient (Wildman–Crippen LogP) is 2.38. The van der Waals surface area contributed by atoms with Crippen LogP contribution in [0.4, 0.5) is 0 Å². The zero-order chi connectivity index (χ0) is 10.8. The van der Waals surface area contributed by atoms with Crippen molar-refractivity contribution in [2.24, 2.45) is 5.92 Å². The number of rotatable bonds is 1. The van der Waals surface area contributed by atoms with Crippen molar-refractivity contribution >= 4 is 5.78 Å². The molecule has 2 aliphatic rings. The molecule has 0 aromatic carbocycles. The van der Waals surface area contributed by atoms with Crippen LogP contribution in [0.25, 0.3) is 0 Å². The van der Waals surface area contributed by atoms with E-state index in [2.05, 4.69) is 0 Å². The first kappa shape index (κ1) is 10.6. The summed E-state index contributed by atoms with van der Waals surface area (Å²) in [5, 5.41) is 9.85. The zero-order valence-electron chi connectivity index (χ0n) is 9.20. The minimum Gasteiger partial charge on any atom is -0.381 e. The first-order valence-electron chi connectivity index (χ1n) is 5.80. The monoisotopic (exact) mass is 206 g/mol. The van der Waals surface area contributed by atoms with Crippen LogP contribution in [0.3, 0.4) is 0 Å². The summed E-state index contributed by atoms with van der Waals surface area (Å²) in [4.78, 5) is 11.5. The molecule has 0 aromatic rings. The summed E-state index contributed by atoms with van der Waals surface area (Å²) in [7, 11) is 0. The summed E-state index contributed by atoms with van der Waals surface area (Å²) in [5.41, 5.74) is 1.94. The number of carbonyl (C=O) groups excluding carboxylic acids is 1. The Morgan fingerprint density at radius 3 is 2.53 bits per heavy atom. The minimum atomic E-state index is -0.864.